The topological polar surface area (TPSA) is 118 Å². The molecule has 1 aliphatic heterocycles. The van der Waals surface area contributed by atoms with Crippen LogP contribution >= 0.6 is 11.6 Å². The normalized spacial score (nSPS) is 19.6. The van der Waals surface area contributed by atoms with E-state index in [1.807, 2.05) is 0 Å². The Morgan fingerprint density at radius 1 is 1.48 bits per heavy atom. The lowest BCUT2D eigenvalue weighted by molar-refractivity contribution is -0.387. The molecular formula is C11H11ClN2O6S. The highest BCUT2D eigenvalue weighted by Gasteiger charge is 2.43. The van der Waals surface area contributed by atoms with Gasteiger partial charge in [0, 0.05) is 12.6 Å². The number of aliphatic carboxylic acids is 1. The van der Waals surface area contributed by atoms with Crippen LogP contribution in [-0.2, 0) is 14.8 Å². The maximum Gasteiger partial charge on any atom is 0.322 e. The average Bonchev–Trinajstić information content (AvgIpc) is 2.88. The predicted octanol–water partition coefficient (Wildman–Crippen LogP) is 1.49. The van der Waals surface area contributed by atoms with Gasteiger partial charge >= 0.3 is 5.97 Å². The van der Waals surface area contributed by atoms with E-state index in [9.17, 15) is 23.3 Å². The fourth-order valence-corrected chi connectivity index (χ4v) is 4.61. The van der Waals surface area contributed by atoms with Gasteiger partial charge in [0.25, 0.3) is 15.7 Å². The minimum Gasteiger partial charge on any atom is -0.480 e. The molecule has 114 valence electrons. The molecule has 8 nitrogen and oxygen atoms in total. The van der Waals surface area contributed by atoms with Gasteiger partial charge in [-0.05, 0) is 18.9 Å². The van der Waals surface area contributed by atoms with Gasteiger partial charge in [0.1, 0.15) is 6.04 Å². The number of hydrogen-bond acceptors (Lipinski definition) is 5. The Kier molecular flexibility index (Phi) is 4.17. The van der Waals surface area contributed by atoms with E-state index in [2.05, 4.69) is 0 Å². The van der Waals surface area contributed by atoms with Gasteiger partial charge < -0.3 is 5.11 Å². The molecule has 10 heteroatoms. The van der Waals surface area contributed by atoms with Crippen molar-refractivity contribution in [2.45, 2.75) is 23.8 Å². The average molecular weight is 335 g/mol. The lowest BCUT2D eigenvalue weighted by atomic mass is 10.2. The molecule has 0 bridgehead atoms. The third-order valence-corrected chi connectivity index (χ3v) is 5.62. The van der Waals surface area contributed by atoms with Gasteiger partial charge in [-0.2, -0.15) is 4.31 Å². The standard InChI is InChI=1S/C11H11ClN2O6S/c12-7-3-1-4-8(14(17)18)10(7)21(19,20)13-6-2-5-9(13)11(15)16/h1,3-4,9H,2,5-6H2,(H,15,16). The first-order valence-corrected chi connectivity index (χ1v) is 7.76. The van der Waals surface area contributed by atoms with Crippen molar-refractivity contribution in [1.29, 1.82) is 0 Å². The summed E-state index contributed by atoms with van der Waals surface area (Å²) in [6, 6.07) is 2.27. The van der Waals surface area contributed by atoms with Crippen molar-refractivity contribution < 1.29 is 23.2 Å². The smallest absolute Gasteiger partial charge is 0.322 e. The number of rotatable bonds is 4. The highest BCUT2D eigenvalue weighted by molar-refractivity contribution is 7.89. The molecule has 0 saturated carbocycles. The summed E-state index contributed by atoms with van der Waals surface area (Å²) in [5.41, 5.74) is -0.668. The molecule has 2 rings (SSSR count). The first-order valence-electron chi connectivity index (χ1n) is 5.94. The molecule has 0 radical (unpaired) electrons. The van der Waals surface area contributed by atoms with Crippen molar-refractivity contribution in [2.75, 3.05) is 6.54 Å². The zero-order valence-electron chi connectivity index (χ0n) is 10.6. The molecule has 1 heterocycles. The molecule has 0 spiro atoms. The zero-order valence-corrected chi connectivity index (χ0v) is 12.2. The van der Waals surface area contributed by atoms with Crippen molar-refractivity contribution in [1.82, 2.24) is 4.31 Å². The van der Waals surface area contributed by atoms with E-state index in [4.69, 9.17) is 16.7 Å². The Morgan fingerprint density at radius 3 is 2.71 bits per heavy atom. The molecule has 0 aliphatic carbocycles. The number of carboxylic acid groups (broad SMARTS) is 1. The molecule has 1 saturated heterocycles. The van der Waals surface area contributed by atoms with Crippen LogP contribution in [0.15, 0.2) is 23.1 Å². The summed E-state index contributed by atoms with van der Waals surface area (Å²) >= 11 is 5.81. The number of nitro groups is 1. The van der Waals surface area contributed by atoms with Crippen LogP contribution in [0, 0.1) is 10.1 Å². The third-order valence-electron chi connectivity index (χ3n) is 3.20. The molecule has 1 aliphatic rings. The molecule has 1 unspecified atom stereocenters. The van der Waals surface area contributed by atoms with Crippen molar-refractivity contribution in [3.05, 3.63) is 33.3 Å². The zero-order chi connectivity index (χ0) is 15.8. The fraction of sp³-hybridized carbons (Fsp3) is 0.364. The van der Waals surface area contributed by atoms with Gasteiger partial charge in [0.2, 0.25) is 0 Å². The van der Waals surface area contributed by atoms with Gasteiger partial charge in [-0.25, -0.2) is 8.42 Å². The lowest BCUT2D eigenvalue weighted by Gasteiger charge is -2.21. The van der Waals surface area contributed by atoms with Crippen molar-refractivity contribution in [3.63, 3.8) is 0 Å². The van der Waals surface area contributed by atoms with Gasteiger partial charge in [0.15, 0.2) is 4.90 Å². The van der Waals surface area contributed by atoms with Gasteiger partial charge in [-0.3, -0.25) is 14.9 Å². The van der Waals surface area contributed by atoms with E-state index in [1.54, 1.807) is 0 Å². The quantitative estimate of drug-likeness (QED) is 0.658. The summed E-state index contributed by atoms with van der Waals surface area (Å²) in [7, 11) is -4.36. The number of carboxylic acids is 1. The summed E-state index contributed by atoms with van der Waals surface area (Å²) in [6.45, 7) is -0.0122. The number of nitro benzene ring substituents is 1. The van der Waals surface area contributed by atoms with Gasteiger partial charge in [-0.1, -0.05) is 17.7 Å². The van der Waals surface area contributed by atoms with E-state index in [0.717, 1.165) is 10.4 Å². The summed E-state index contributed by atoms with van der Waals surface area (Å²) in [5, 5.41) is 19.8. The second-order valence-corrected chi connectivity index (χ2v) is 6.69. The van der Waals surface area contributed by atoms with Gasteiger partial charge in [0.05, 0.1) is 9.95 Å². The van der Waals surface area contributed by atoms with Gasteiger partial charge in [-0.15, -0.1) is 0 Å². The largest absolute Gasteiger partial charge is 0.480 e. The maximum atomic E-state index is 12.6. The monoisotopic (exact) mass is 334 g/mol. The van der Waals surface area contributed by atoms with Crippen LogP contribution in [0.1, 0.15) is 12.8 Å². The van der Waals surface area contributed by atoms with Crippen LogP contribution in [0.4, 0.5) is 5.69 Å². The van der Waals surface area contributed by atoms with E-state index in [-0.39, 0.29) is 18.0 Å². The summed E-state index contributed by atoms with van der Waals surface area (Å²) in [6.07, 6.45) is 0.529. The molecule has 0 aromatic heterocycles. The van der Waals surface area contributed by atoms with Crippen LogP contribution in [-0.4, -0.2) is 41.3 Å². The lowest BCUT2D eigenvalue weighted by Crippen LogP contribution is -2.40. The highest BCUT2D eigenvalue weighted by Crippen LogP contribution is 2.36. The number of benzene rings is 1. The summed E-state index contributed by atoms with van der Waals surface area (Å²) in [5.74, 6) is -1.29. The fourth-order valence-electron chi connectivity index (χ4n) is 2.29. The van der Waals surface area contributed by atoms with Crippen LogP contribution in [0.3, 0.4) is 0 Å². The third kappa shape index (κ3) is 2.71. The number of sulfonamides is 1. The molecule has 21 heavy (non-hydrogen) atoms. The van der Waals surface area contributed by atoms with Crippen molar-refractivity contribution in [2.24, 2.45) is 0 Å². The molecule has 1 aromatic rings. The minimum absolute atomic E-state index is 0.0122. The Bertz CT molecular complexity index is 705. The van der Waals surface area contributed by atoms with Crippen LogP contribution in [0.5, 0.6) is 0 Å². The van der Waals surface area contributed by atoms with E-state index >= 15 is 0 Å². The van der Waals surface area contributed by atoms with E-state index in [0.29, 0.717) is 6.42 Å². The van der Waals surface area contributed by atoms with Crippen molar-refractivity contribution in [3.8, 4) is 0 Å². The number of halogens is 1. The molecule has 0 amide bonds. The molecule has 1 atom stereocenters. The number of carbonyl (C=O) groups is 1. The first-order chi connectivity index (χ1) is 9.76. The SMILES string of the molecule is O=C(O)C1CCCN1S(=O)(=O)c1c(Cl)cccc1[N+](=O)[O-]. The Hall–Kier alpha value is -1.71. The molecule has 1 fully saturated rings. The summed E-state index contributed by atoms with van der Waals surface area (Å²) in [4.78, 5) is 20.6. The van der Waals surface area contributed by atoms with Crippen molar-refractivity contribution >= 4 is 33.3 Å². The van der Waals surface area contributed by atoms with Crippen LogP contribution in [0.25, 0.3) is 0 Å². The first kappa shape index (κ1) is 15.7. The Morgan fingerprint density at radius 2 is 2.14 bits per heavy atom. The second kappa shape index (κ2) is 5.58. The van der Waals surface area contributed by atoms with Crippen LogP contribution in [0.2, 0.25) is 5.02 Å². The van der Waals surface area contributed by atoms with E-state index < -0.39 is 37.5 Å². The molecule has 1 N–H and O–H groups in total. The predicted molar refractivity (Wildman–Crippen MR) is 72.7 cm³/mol. The van der Waals surface area contributed by atoms with Crippen LogP contribution < -0.4 is 0 Å². The maximum absolute atomic E-state index is 12.6. The number of nitrogens with zero attached hydrogens (tertiary/aromatic N) is 2. The molecule has 1 aromatic carbocycles. The molecular weight excluding hydrogens is 324 g/mol. The number of hydrogen-bond donors (Lipinski definition) is 1. The highest BCUT2D eigenvalue weighted by atomic mass is 35.5. The summed E-state index contributed by atoms with van der Waals surface area (Å²) < 4.78 is 25.9. The Labute approximate surface area is 125 Å². The second-order valence-electron chi connectivity index (χ2n) is 4.46. The minimum atomic E-state index is -4.36. The Balaban J connectivity index is 2.60. The van der Waals surface area contributed by atoms with E-state index in [1.165, 1.54) is 12.1 Å².